The van der Waals surface area contributed by atoms with Crippen molar-refractivity contribution in [1.29, 1.82) is 0 Å². The fourth-order valence-electron chi connectivity index (χ4n) is 3.78. The molecule has 0 saturated carbocycles. The smallest absolute Gasteiger partial charge is 0.346 e. The molecular formula is C22H20FN3O2S. The lowest BCUT2D eigenvalue weighted by atomic mass is 10.1. The lowest BCUT2D eigenvalue weighted by molar-refractivity contribution is 0.235. The number of para-hydroxylation sites is 1. The van der Waals surface area contributed by atoms with Crippen LogP contribution in [0.25, 0.3) is 31.8 Å². The van der Waals surface area contributed by atoms with Crippen molar-refractivity contribution in [3.63, 3.8) is 0 Å². The van der Waals surface area contributed by atoms with Gasteiger partial charge in [-0.1, -0.05) is 12.1 Å². The zero-order valence-corrected chi connectivity index (χ0v) is 16.6. The van der Waals surface area contributed by atoms with E-state index in [0.717, 1.165) is 47.5 Å². The van der Waals surface area contributed by atoms with Crippen LogP contribution in [0.2, 0.25) is 0 Å². The second-order valence-corrected chi connectivity index (χ2v) is 8.20. The molecule has 29 heavy (non-hydrogen) atoms. The van der Waals surface area contributed by atoms with Gasteiger partial charge in [0.05, 0.1) is 15.8 Å². The number of aromatic nitrogens is 1. The minimum Gasteiger partial charge on any atom is -0.422 e. The molecule has 0 amide bonds. The molecule has 0 aliphatic carbocycles. The van der Waals surface area contributed by atoms with Crippen LogP contribution in [0.15, 0.2) is 57.7 Å². The molecule has 5 rings (SSSR count). The maximum absolute atomic E-state index is 12.7. The Morgan fingerprint density at radius 2 is 1.90 bits per heavy atom. The van der Waals surface area contributed by atoms with E-state index in [-0.39, 0.29) is 12.3 Å². The van der Waals surface area contributed by atoms with E-state index in [1.807, 2.05) is 42.5 Å². The lowest BCUT2D eigenvalue weighted by Gasteiger charge is -2.35. The predicted octanol–water partition coefficient (Wildman–Crippen LogP) is 4.16. The van der Waals surface area contributed by atoms with E-state index in [9.17, 15) is 9.18 Å². The quantitative estimate of drug-likeness (QED) is 0.474. The van der Waals surface area contributed by atoms with Gasteiger partial charge >= 0.3 is 5.63 Å². The van der Waals surface area contributed by atoms with E-state index in [2.05, 4.69) is 20.9 Å². The molecule has 1 aliphatic heterocycles. The van der Waals surface area contributed by atoms with Crippen molar-refractivity contribution in [2.45, 2.75) is 0 Å². The second-order valence-electron chi connectivity index (χ2n) is 7.17. The van der Waals surface area contributed by atoms with Crippen molar-refractivity contribution in [1.82, 2.24) is 9.88 Å². The van der Waals surface area contributed by atoms with Gasteiger partial charge < -0.3 is 9.32 Å². The van der Waals surface area contributed by atoms with Crippen LogP contribution in [0.5, 0.6) is 0 Å². The van der Waals surface area contributed by atoms with E-state index in [1.165, 1.54) is 11.3 Å². The number of benzene rings is 2. The predicted molar refractivity (Wildman–Crippen MR) is 116 cm³/mol. The molecule has 1 fully saturated rings. The Balaban J connectivity index is 1.46. The molecule has 7 heteroatoms. The van der Waals surface area contributed by atoms with E-state index >= 15 is 0 Å². The van der Waals surface area contributed by atoms with E-state index in [1.54, 1.807) is 0 Å². The first-order valence-electron chi connectivity index (χ1n) is 9.68. The first kappa shape index (κ1) is 18.3. The number of hydrogen-bond acceptors (Lipinski definition) is 6. The molecule has 0 unspecified atom stereocenters. The Kier molecular flexibility index (Phi) is 4.77. The van der Waals surface area contributed by atoms with Crippen LogP contribution in [-0.4, -0.2) is 49.3 Å². The zero-order valence-electron chi connectivity index (χ0n) is 15.8. The first-order valence-corrected chi connectivity index (χ1v) is 10.5. The van der Waals surface area contributed by atoms with Crippen LogP contribution in [-0.2, 0) is 0 Å². The molecule has 0 radical (unpaired) electrons. The molecule has 2 aromatic heterocycles. The maximum atomic E-state index is 12.7. The Morgan fingerprint density at radius 3 is 2.69 bits per heavy atom. The van der Waals surface area contributed by atoms with Gasteiger partial charge in [-0.2, -0.15) is 0 Å². The molecule has 0 bridgehead atoms. The first-order chi connectivity index (χ1) is 14.2. The van der Waals surface area contributed by atoms with Gasteiger partial charge in [-0.05, 0) is 30.3 Å². The largest absolute Gasteiger partial charge is 0.422 e. The second kappa shape index (κ2) is 7.57. The normalized spacial score (nSPS) is 15.4. The van der Waals surface area contributed by atoms with Crippen molar-refractivity contribution >= 4 is 38.2 Å². The van der Waals surface area contributed by atoms with Crippen LogP contribution in [0.1, 0.15) is 0 Å². The van der Waals surface area contributed by atoms with E-state index in [0.29, 0.717) is 22.7 Å². The molecule has 3 heterocycles. The summed E-state index contributed by atoms with van der Waals surface area (Å²) in [7, 11) is 0. The Morgan fingerprint density at radius 1 is 1.07 bits per heavy atom. The van der Waals surface area contributed by atoms with Crippen molar-refractivity contribution in [2.24, 2.45) is 0 Å². The molecule has 5 nitrogen and oxygen atoms in total. The number of hydrogen-bond donors (Lipinski definition) is 0. The van der Waals surface area contributed by atoms with Crippen molar-refractivity contribution in [3.05, 3.63) is 59.0 Å². The van der Waals surface area contributed by atoms with Crippen molar-refractivity contribution in [2.75, 3.05) is 44.3 Å². The van der Waals surface area contributed by atoms with Crippen LogP contribution < -0.4 is 10.5 Å². The van der Waals surface area contributed by atoms with Crippen molar-refractivity contribution in [3.8, 4) is 10.6 Å². The van der Waals surface area contributed by atoms with Crippen molar-refractivity contribution < 1.29 is 8.81 Å². The summed E-state index contributed by atoms with van der Waals surface area (Å²) in [6, 6.07) is 15.7. The number of anilines is 1. The molecule has 1 saturated heterocycles. The molecule has 0 N–H and O–H groups in total. The summed E-state index contributed by atoms with van der Waals surface area (Å²) < 4.78 is 19.2. The third kappa shape index (κ3) is 3.52. The SMILES string of the molecule is O=c1oc2cc(N3CCN(CCF)CC3)ccc2cc1-c1nc2ccccc2s1. The fourth-order valence-corrected chi connectivity index (χ4v) is 4.75. The van der Waals surface area contributed by atoms with Gasteiger partial charge in [0.25, 0.3) is 0 Å². The number of halogens is 1. The summed E-state index contributed by atoms with van der Waals surface area (Å²) in [6.07, 6.45) is 0. The Hall–Kier alpha value is -2.77. The van der Waals surface area contributed by atoms with Gasteiger partial charge in [0.2, 0.25) is 0 Å². The number of thiazole rings is 1. The highest BCUT2D eigenvalue weighted by Gasteiger charge is 2.18. The minimum atomic E-state index is -0.374. The lowest BCUT2D eigenvalue weighted by Crippen LogP contribution is -2.47. The zero-order chi connectivity index (χ0) is 19.8. The van der Waals surface area contributed by atoms with Gasteiger partial charge in [-0.25, -0.2) is 14.2 Å². The maximum Gasteiger partial charge on any atom is 0.346 e. The number of piperazine rings is 1. The third-order valence-corrected chi connectivity index (χ3v) is 6.45. The average Bonchev–Trinajstić information content (AvgIpc) is 3.17. The number of fused-ring (bicyclic) bond motifs is 2. The molecule has 2 aromatic carbocycles. The van der Waals surface area contributed by atoms with Gasteiger partial charge in [0.1, 0.15) is 17.3 Å². The van der Waals surface area contributed by atoms with Crippen LogP contribution >= 0.6 is 11.3 Å². The summed E-state index contributed by atoms with van der Waals surface area (Å²) in [5, 5.41) is 1.55. The molecule has 1 aliphatic rings. The number of nitrogens with zero attached hydrogens (tertiary/aromatic N) is 3. The highest BCUT2D eigenvalue weighted by Crippen LogP contribution is 2.30. The van der Waals surface area contributed by atoms with Gasteiger partial charge in [0.15, 0.2) is 0 Å². The molecule has 148 valence electrons. The number of alkyl halides is 1. The van der Waals surface area contributed by atoms with E-state index < -0.39 is 0 Å². The van der Waals surface area contributed by atoms with Gasteiger partial charge in [-0.15, -0.1) is 11.3 Å². The van der Waals surface area contributed by atoms with Crippen LogP contribution in [0.4, 0.5) is 10.1 Å². The molecule has 4 aromatic rings. The average molecular weight is 409 g/mol. The summed E-state index contributed by atoms with van der Waals surface area (Å²) in [6.45, 7) is 3.52. The molecular weight excluding hydrogens is 389 g/mol. The Labute approximate surface area is 171 Å². The molecule has 0 atom stereocenters. The van der Waals surface area contributed by atoms with Gasteiger partial charge in [-0.3, -0.25) is 4.90 Å². The summed E-state index contributed by atoms with van der Waals surface area (Å²) in [5.74, 6) is 0. The standard InChI is InChI=1S/C22H20FN3O2S/c23-7-8-25-9-11-26(12-10-25)16-6-5-15-13-17(22(27)28-19(15)14-16)21-24-18-3-1-2-4-20(18)29-21/h1-6,13-14H,7-12H2. The van der Waals surface area contributed by atoms with Gasteiger partial charge in [0, 0.05) is 49.9 Å². The number of rotatable bonds is 4. The topological polar surface area (TPSA) is 49.6 Å². The minimum absolute atomic E-state index is 0.307. The summed E-state index contributed by atoms with van der Waals surface area (Å²) >= 11 is 1.49. The van der Waals surface area contributed by atoms with Crippen LogP contribution in [0, 0.1) is 0 Å². The summed E-state index contributed by atoms with van der Waals surface area (Å²) in [5.41, 5.74) is 2.60. The molecule has 0 spiro atoms. The third-order valence-electron chi connectivity index (χ3n) is 5.38. The fraction of sp³-hybridized carbons (Fsp3) is 0.273. The highest BCUT2D eigenvalue weighted by atomic mass is 32.1. The van der Waals surface area contributed by atoms with E-state index in [4.69, 9.17) is 4.42 Å². The highest BCUT2D eigenvalue weighted by molar-refractivity contribution is 7.21. The van der Waals surface area contributed by atoms with Crippen LogP contribution in [0.3, 0.4) is 0 Å². The summed E-state index contributed by atoms with van der Waals surface area (Å²) in [4.78, 5) is 21.6. The monoisotopic (exact) mass is 409 g/mol. The Bertz CT molecular complexity index is 1190.